The second-order valence-electron chi connectivity index (χ2n) is 8.50. The van der Waals surface area contributed by atoms with Gasteiger partial charge in [-0.2, -0.15) is 9.61 Å². The smallest absolute Gasteiger partial charge is 0.279 e. The highest BCUT2D eigenvalue weighted by Gasteiger charge is 2.49. The molecule has 4 aromatic heterocycles. The van der Waals surface area contributed by atoms with Gasteiger partial charge in [0.2, 0.25) is 0 Å². The molecular weight excluding hydrogens is 455 g/mol. The van der Waals surface area contributed by atoms with Crippen LogP contribution >= 0.6 is 0 Å². The standard InChI is InChI=1S/C23H21FN8O3/c1-25-19-8-17(28-15-3-2-6-31(23(15)34)18-5-4-13(24)9-26-18)30-21-14(10-27-32(19)21)22(33)29-16-7-12-11-35-20(12)16/h2-6,8-10,12,16,20,25H,7,11H2,1H3,(H,28,30)(H,29,33)/t12?,16-,20?/m1/s1. The van der Waals surface area contributed by atoms with Crippen LogP contribution in [0.1, 0.15) is 16.8 Å². The average Bonchev–Trinajstić information content (AvgIpc) is 3.27. The Morgan fingerprint density at radius 2 is 2.14 bits per heavy atom. The molecule has 3 N–H and O–H groups in total. The molecule has 35 heavy (non-hydrogen) atoms. The monoisotopic (exact) mass is 476 g/mol. The summed E-state index contributed by atoms with van der Waals surface area (Å²) >= 11 is 0. The molecule has 5 heterocycles. The number of rotatable bonds is 6. The van der Waals surface area contributed by atoms with Crippen LogP contribution in [0, 0.1) is 11.7 Å². The van der Waals surface area contributed by atoms with Crippen molar-refractivity contribution in [2.75, 3.05) is 24.3 Å². The van der Waals surface area contributed by atoms with Crippen molar-refractivity contribution in [3.05, 3.63) is 70.7 Å². The van der Waals surface area contributed by atoms with Crippen LogP contribution in [0.4, 0.5) is 21.7 Å². The summed E-state index contributed by atoms with van der Waals surface area (Å²) in [6.07, 6.45) is 5.05. The lowest BCUT2D eigenvalue weighted by Crippen LogP contribution is -2.65. The van der Waals surface area contributed by atoms with E-state index in [1.54, 1.807) is 31.4 Å². The minimum Gasteiger partial charge on any atom is -0.375 e. The first-order valence-electron chi connectivity index (χ1n) is 11.1. The van der Waals surface area contributed by atoms with Gasteiger partial charge in [0.15, 0.2) is 5.65 Å². The summed E-state index contributed by atoms with van der Waals surface area (Å²) < 4.78 is 21.6. The summed E-state index contributed by atoms with van der Waals surface area (Å²) in [6, 6.07) is 7.58. The zero-order chi connectivity index (χ0) is 24.1. The molecule has 1 saturated heterocycles. The third kappa shape index (κ3) is 3.58. The van der Waals surface area contributed by atoms with Crippen molar-refractivity contribution in [2.24, 2.45) is 5.92 Å². The summed E-state index contributed by atoms with van der Waals surface area (Å²) in [5, 5.41) is 13.4. The maximum absolute atomic E-state index is 13.2. The number of nitrogens with one attached hydrogen (secondary N) is 3. The number of ether oxygens (including phenoxy) is 1. The fraction of sp³-hybridized carbons (Fsp3) is 0.261. The number of halogens is 1. The Morgan fingerprint density at radius 1 is 1.26 bits per heavy atom. The van der Waals surface area contributed by atoms with Crippen LogP contribution in [-0.2, 0) is 4.74 Å². The van der Waals surface area contributed by atoms with Crippen molar-refractivity contribution >= 4 is 28.9 Å². The topological polar surface area (TPSA) is 127 Å². The molecule has 2 unspecified atom stereocenters. The van der Waals surface area contributed by atoms with Crippen LogP contribution in [-0.4, -0.2) is 55.9 Å². The molecule has 12 heteroatoms. The lowest BCUT2D eigenvalue weighted by atomic mass is 9.73. The Morgan fingerprint density at radius 3 is 2.83 bits per heavy atom. The molecule has 0 spiro atoms. The van der Waals surface area contributed by atoms with Crippen LogP contribution in [0.3, 0.4) is 0 Å². The first kappa shape index (κ1) is 21.2. The molecule has 4 aromatic rings. The second-order valence-corrected chi connectivity index (χ2v) is 8.50. The first-order chi connectivity index (χ1) is 17.0. The number of carbonyl (C=O) groups is 1. The van der Waals surface area contributed by atoms with E-state index in [0.717, 1.165) is 19.2 Å². The summed E-state index contributed by atoms with van der Waals surface area (Å²) in [4.78, 5) is 34.5. The van der Waals surface area contributed by atoms with Gasteiger partial charge in [0, 0.05) is 25.2 Å². The maximum Gasteiger partial charge on any atom is 0.279 e. The van der Waals surface area contributed by atoms with E-state index in [1.165, 1.54) is 27.4 Å². The highest BCUT2D eigenvalue weighted by Crippen LogP contribution is 2.39. The Balaban J connectivity index is 1.32. The number of fused-ring (bicyclic) bond motifs is 2. The van der Waals surface area contributed by atoms with Crippen molar-refractivity contribution < 1.29 is 13.9 Å². The van der Waals surface area contributed by atoms with Gasteiger partial charge in [0.1, 0.15) is 34.5 Å². The minimum atomic E-state index is -0.494. The molecule has 1 amide bonds. The van der Waals surface area contributed by atoms with Crippen molar-refractivity contribution in [1.29, 1.82) is 0 Å². The SMILES string of the molecule is CNc1cc(Nc2cccn(-c3ccc(F)cn3)c2=O)nc2c(C(=O)N[C@@H]3CC4COC43)cnn12. The molecule has 178 valence electrons. The van der Waals surface area contributed by atoms with Gasteiger partial charge >= 0.3 is 0 Å². The predicted molar refractivity (Wildman–Crippen MR) is 125 cm³/mol. The summed E-state index contributed by atoms with van der Waals surface area (Å²) in [5.41, 5.74) is 0.476. The fourth-order valence-electron chi connectivity index (χ4n) is 4.43. The molecule has 2 aliphatic rings. The number of carbonyl (C=O) groups excluding carboxylic acids is 1. The van der Waals surface area contributed by atoms with E-state index in [2.05, 4.69) is 31.0 Å². The van der Waals surface area contributed by atoms with Crippen LogP contribution in [0.25, 0.3) is 11.5 Å². The lowest BCUT2D eigenvalue weighted by Gasteiger charge is -2.52. The number of anilines is 3. The van der Waals surface area contributed by atoms with E-state index >= 15 is 0 Å². The Labute approximate surface area is 198 Å². The minimum absolute atomic E-state index is 0.0101. The largest absolute Gasteiger partial charge is 0.375 e. The van der Waals surface area contributed by atoms with E-state index in [0.29, 0.717) is 28.8 Å². The van der Waals surface area contributed by atoms with Crippen LogP contribution in [0.5, 0.6) is 0 Å². The molecule has 1 aliphatic carbocycles. The lowest BCUT2D eigenvalue weighted by molar-refractivity contribution is -0.191. The average molecular weight is 476 g/mol. The second kappa shape index (κ2) is 8.17. The van der Waals surface area contributed by atoms with Crippen molar-refractivity contribution in [2.45, 2.75) is 18.6 Å². The molecular formula is C23H21FN8O3. The molecule has 1 saturated carbocycles. The molecule has 3 atom stereocenters. The number of pyridine rings is 2. The van der Waals surface area contributed by atoms with E-state index in [1.807, 2.05) is 0 Å². The Bertz CT molecular complexity index is 1500. The molecule has 0 bridgehead atoms. The highest BCUT2D eigenvalue weighted by atomic mass is 19.1. The molecule has 0 aromatic carbocycles. The summed E-state index contributed by atoms with van der Waals surface area (Å²) in [5.74, 6) is 0.946. The Hall–Kier alpha value is -4.32. The number of amides is 1. The van der Waals surface area contributed by atoms with E-state index in [9.17, 15) is 14.0 Å². The van der Waals surface area contributed by atoms with Gasteiger partial charge in [-0.1, -0.05) is 0 Å². The molecule has 2 fully saturated rings. The van der Waals surface area contributed by atoms with Gasteiger partial charge in [0.05, 0.1) is 31.1 Å². The zero-order valence-corrected chi connectivity index (χ0v) is 18.6. The Kier molecular flexibility index (Phi) is 4.95. The van der Waals surface area contributed by atoms with Crippen molar-refractivity contribution in [1.82, 2.24) is 29.5 Å². The maximum atomic E-state index is 13.2. The van der Waals surface area contributed by atoms with E-state index < -0.39 is 11.4 Å². The van der Waals surface area contributed by atoms with Gasteiger partial charge in [-0.25, -0.2) is 14.4 Å². The molecule has 6 rings (SSSR count). The fourth-order valence-corrected chi connectivity index (χ4v) is 4.43. The molecule has 0 radical (unpaired) electrons. The zero-order valence-electron chi connectivity index (χ0n) is 18.6. The number of aromatic nitrogens is 5. The van der Waals surface area contributed by atoms with Gasteiger partial charge < -0.3 is 20.7 Å². The van der Waals surface area contributed by atoms with Crippen LogP contribution < -0.4 is 21.5 Å². The van der Waals surface area contributed by atoms with E-state index in [-0.39, 0.29) is 29.6 Å². The van der Waals surface area contributed by atoms with Gasteiger partial charge in [-0.3, -0.25) is 14.2 Å². The highest BCUT2D eigenvalue weighted by molar-refractivity contribution is 6.00. The van der Waals surface area contributed by atoms with Crippen molar-refractivity contribution in [3.63, 3.8) is 0 Å². The third-order valence-electron chi connectivity index (χ3n) is 6.38. The normalized spacial score (nSPS) is 20.5. The number of nitrogens with zero attached hydrogens (tertiary/aromatic N) is 5. The number of hydrogen-bond acceptors (Lipinski definition) is 8. The van der Waals surface area contributed by atoms with Crippen LogP contribution in [0.2, 0.25) is 0 Å². The van der Waals surface area contributed by atoms with Gasteiger partial charge in [-0.05, 0) is 30.7 Å². The van der Waals surface area contributed by atoms with Crippen LogP contribution in [0.15, 0.2) is 53.7 Å². The van der Waals surface area contributed by atoms with Gasteiger partial charge in [-0.15, -0.1) is 0 Å². The quantitative estimate of drug-likeness (QED) is 0.384. The van der Waals surface area contributed by atoms with Crippen molar-refractivity contribution in [3.8, 4) is 5.82 Å². The number of hydrogen-bond donors (Lipinski definition) is 3. The van der Waals surface area contributed by atoms with Gasteiger partial charge in [0.25, 0.3) is 11.5 Å². The molecule has 1 aliphatic heterocycles. The summed E-state index contributed by atoms with van der Waals surface area (Å²) in [6.45, 7) is 0.758. The first-order valence-corrected chi connectivity index (χ1v) is 11.1. The predicted octanol–water partition coefficient (Wildman–Crippen LogP) is 1.72. The third-order valence-corrected chi connectivity index (χ3v) is 6.38. The molecule has 11 nitrogen and oxygen atoms in total. The van der Waals surface area contributed by atoms with E-state index in [4.69, 9.17) is 4.74 Å². The summed E-state index contributed by atoms with van der Waals surface area (Å²) in [7, 11) is 1.72.